The molecule has 0 unspecified atom stereocenters. The summed E-state index contributed by atoms with van der Waals surface area (Å²) in [4.78, 5) is 39.2. The van der Waals surface area contributed by atoms with Crippen LogP contribution in [0.1, 0.15) is 21.5 Å². The molecule has 4 aromatic rings. The summed E-state index contributed by atoms with van der Waals surface area (Å²) in [6.07, 6.45) is -3.16. The van der Waals surface area contributed by atoms with Gasteiger partial charge in [0.1, 0.15) is 5.70 Å². The maximum absolute atomic E-state index is 13.4. The number of hydrogen-bond donors (Lipinski definition) is 3. The molecule has 12 heteroatoms. The standard InChI is InChI=1S/C31H22BrClF3N3O3S/c32-21-11-9-19(10-12-21)15-27(39-29(41)20-5-2-1-3-6-20)30(42)37-23-7-4-8-24(17-23)43-18-28(40)38-26-14-13-22(33)16-25(26)31(34,35)36/h1-17H,18H2,(H,37,42)(H,38,40)(H,39,41)/b27-15-. The molecular weight excluding hydrogens is 667 g/mol. The van der Waals surface area contributed by atoms with E-state index in [1.165, 1.54) is 12.1 Å². The van der Waals surface area contributed by atoms with E-state index < -0.39 is 35.1 Å². The molecule has 0 saturated carbocycles. The molecule has 0 heterocycles. The predicted molar refractivity (Wildman–Crippen MR) is 167 cm³/mol. The summed E-state index contributed by atoms with van der Waals surface area (Å²) in [7, 11) is 0. The highest BCUT2D eigenvalue weighted by Gasteiger charge is 2.34. The molecule has 6 nitrogen and oxygen atoms in total. The third kappa shape index (κ3) is 9.47. The van der Waals surface area contributed by atoms with Crippen molar-refractivity contribution in [1.82, 2.24) is 5.32 Å². The molecule has 0 radical (unpaired) electrons. The SMILES string of the molecule is O=C(CSc1cccc(NC(=O)/C(=C/c2ccc(Br)cc2)NC(=O)c2ccccc2)c1)Nc1ccc(Cl)cc1C(F)(F)F. The number of benzene rings is 4. The largest absolute Gasteiger partial charge is 0.418 e. The summed E-state index contributed by atoms with van der Waals surface area (Å²) in [5.41, 5.74) is -0.0261. The first-order valence-corrected chi connectivity index (χ1v) is 14.7. The fourth-order valence-corrected chi connectivity index (χ4v) is 4.92. The molecule has 0 saturated heterocycles. The van der Waals surface area contributed by atoms with Crippen molar-refractivity contribution < 1.29 is 27.6 Å². The van der Waals surface area contributed by atoms with Gasteiger partial charge in [0.15, 0.2) is 0 Å². The lowest BCUT2D eigenvalue weighted by Crippen LogP contribution is -2.30. The molecule has 0 spiro atoms. The first kappa shape index (κ1) is 31.9. The Morgan fingerprint density at radius 2 is 1.58 bits per heavy atom. The van der Waals surface area contributed by atoms with Crippen LogP contribution in [0.4, 0.5) is 24.5 Å². The van der Waals surface area contributed by atoms with Crippen LogP contribution < -0.4 is 16.0 Å². The highest BCUT2D eigenvalue weighted by molar-refractivity contribution is 9.10. The van der Waals surface area contributed by atoms with Crippen LogP contribution in [-0.2, 0) is 15.8 Å². The average molecular weight is 689 g/mol. The van der Waals surface area contributed by atoms with E-state index in [4.69, 9.17) is 11.6 Å². The van der Waals surface area contributed by atoms with Gasteiger partial charge in [-0.3, -0.25) is 14.4 Å². The van der Waals surface area contributed by atoms with Crippen molar-refractivity contribution in [2.24, 2.45) is 0 Å². The third-order valence-electron chi connectivity index (χ3n) is 5.73. The van der Waals surface area contributed by atoms with Gasteiger partial charge in [-0.05, 0) is 72.3 Å². The van der Waals surface area contributed by atoms with E-state index in [9.17, 15) is 27.6 Å². The van der Waals surface area contributed by atoms with Crippen LogP contribution in [0.3, 0.4) is 0 Å². The lowest BCUT2D eigenvalue weighted by atomic mass is 10.1. The van der Waals surface area contributed by atoms with E-state index >= 15 is 0 Å². The van der Waals surface area contributed by atoms with E-state index in [0.717, 1.165) is 28.4 Å². The monoisotopic (exact) mass is 687 g/mol. The second kappa shape index (κ2) is 14.4. The Balaban J connectivity index is 1.45. The number of rotatable bonds is 9. The van der Waals surface area contributed by atoms with Crippen LogP contribution in [0.5, 0.6) is 0 Å². The Bertz CT molecular complexity index is 1670. The Morgan fingerprint density at radius 3 is 2.28 bits per heavy atom. The number of halogens is 5. The van der Waals surface area contributed by atoms with Gasteiger partial charge in [-0.25, -0.2) is 0 Å². The lowest BCUT2D eigenvalue weighted by Gasteiger charge is -2.14. The van der Waals surface area contributed by atoms with Crippen molar-refractivity contribution in [3.8, 4) is 0 Å². The number of nitrogens with one attached hydrogen (secondary N) is 3. The van der Waals surface area contributed by atoms with Gasteiger partial charge in [0.25, 0.3) is 11.8 Å². The second-order valence-electron chi connectivity index (χ2n) is 8.94. The van der Waals surface area contributed by atoms with E-state index in [1.54, 1.807) is 78.9 Å². The van der Waals surface area contributed by atoms with Crippen LogP contribution in [0.25, 0.3) is 6.08 Å². The van der Waals surface area contributed by atoms with Crippen molar-refractivity contribution in [3.05, 3.63) is 129 Å². The number of amides is 3. The Labute approximate surface area is 262 Å². The Morgan fingerprint density at radius 1 is 0.860 bits per heavy atom. The molecule has 3 N–H and O–H groups in total. The molecule has 0 aromatic heterocycles. The van der Waals surface area contributed by atoms with Crippen molar-refractivity contribution in [1.29, 1.82) is 0 Å². The van der Waals surface area contributed by atoms with Gasteiger partial charge < -0.3 is 16.0 Å². The summed E-state index contributed by atoms with van der Waals surface area (Å²) in [6.45, 7) is 0. The summed E-state index contributed by atoms with van der Waals surface area (Å²) < 4.78 is 40.9. The van der Waals surface area contributed by atoms with E-state index in [1.807, 2.05) is 0 Å². The van der Waals surface area contributed by atoms with E-state index in [0.29, 0.717) is 21.7 Å². The van der Waals surface area contributed by atoms with Crippen molar-refractivity contribution in [3.63, 3.8) is 0 Å². The lowest BCUT2D eigenvalue weighted by molar-refractivity contribution is -0.137. The number of anilines is 2. The molecule has 4 aromatic carbocycles. The van der Waals surface area contributed by atoms with Crippen LogP contribution in [0, 0.1) is 0 Å². The molecule has 0 atom stereocenters. The van der Waals surface area contributed by atoms with Crippen LogP contribution in [0.15, 0.2) is 112 Å². The molecule has 0 aliphatic heterocycles. The van der Waals surface area contributed by atoms with Gasteiger partial charge in [-0.15, -0.1) is 11.8 Å². The first-order chi connectivity index (χ1) is 20.5. The summed E-state index contributed by atoms with van der Waals surface area (Å²) in [6, 6.07) is 25.3. The second-order valence-corrected chi connectivity index (χ2v) is 11.3. The van der Waals surface area contributed by atoms with Crippen LogP contribution >= 0.6 is 39.3 Å². The highest BCUT2D eigenvalue weighted by atomic mass is 79.9. The Kier molecular flexibility index (Phi) is 10.7. The zero-order chi connectivity index (χ0) is 31.0. The normalized spacial score (nSPS) is 11.5. The minimum atomic E-state index is -4.70. The number of carbonyl (C=O) groups is 3. The highest BCUT2D eigenvalue weighted by Crippen LogP contribution is 2.36. The van der Waals surface area contributed by atoms with Crippen molar-refractivity contribution in [2.45, 2.75) is 11.1 Å². The smallest absolute Gasteiger partial charge is 0.325 e. The molecular formula is C31H22BrClF3N3O3S. The maximum atomic E-state index is 13.4. The number of thioether (sulfide) groups is 1. The summed E-state index contributed by atoms with van der Waals surface area (Å²) >= 11 is 10.1. The van der Waals surface area contributed by atoms with Gasteiger partial charge in [0, 0.05) is 25.6 Å². The topological polar surface area (TPSA) is 87.3 Å². The molecule has 0 aliphatic rings. The van der Waals surface area contributed by atoms with Crippen molar-refractivity contribution in [2.75, 3.05) is 16.4 Å². The van der Waals surface area contributed by atoms with Gasteiger partial charge in [-0.2, -0.15) is 13.2 Å². The van der Waals surface area contributed by atoms with Gasteiger partial charge in [0.2, 0.25) is 5.91 Å². The predicted octanol–water partition coefficient (Wildman–Crippen LogP) is 8.26. The zero-order valence-corrected chi connectivity index (χ0v) is 25.2. The maximum Gasteiger partial charge on any atom is 0.418 e. The van der Waals surface area contributed by atoms with E-state index in [2.05, 4.69) is 31.9 Å². The van der Waals surface area contributed by atoms with Crippen LogP contribution in [0.2, 0.25) is 5.02 Å². The molecule has 43 heavy (non-hydrogen) atoms. The first-order valence-electron chi connectivity index (χ1n) is 12.5. The number of hydrogen-bond acceptors (Lipinski definition) is 4. The van der Waals surface area contributed by atoms with Gasteiger partial charge in [0.05, 0.1) is 17.0 Å². The van der Waals surface area contributed by atoms with E-state index in [-0.39, 0.29) is 16.5 Å². The quantitative estimate of drug-likeness (QED) is 0.122. The van der Waals surface area contributed by atoms with Gasteiger partial charge >= 0.3 is 6.18 Å². The molecule has 220 valence electrons. The molecule has 4 rings (SSSR count). The third-order valence-corrected chi connectivity index (χ3v) is 7.49. The Hall–Kier alpha value is -4.06. The minimum absolute atomic E-state index is 0.00274. The molecule has 0 aliphatic carbocycles. The fourth-order valence-electron chi connectivity index (χ4n) is 3.73. The summed E-state index contributed by atoms with van der Waals surface area (Å²) in [5.74, 6) is -1.91. The average Bonchev–Trinajstić information content (AvgIpc) is 2.98. The number of alkyl halides is 3. The van der Waals surface area contributed by atoms with Crippen molar-refractivity contribution >= 4 is 74.5 Å². The minimum Gasteiger partial charge on any atom is -0.325 e. The summed E-state index contributed by atoms with van der Waals surface area (Å²) in [5, 5.41) is 7.58. The van der Waals surface area contributed by atoms with Crippen LogP contribution in [-0.4, -0.2) is 23.5 Å². The molecule has 0 bridgehead atoms. The molecule has 3 amide bonds. The number of carbonyl (C=O) groups excluding carboxylic acids is 3. The molecule has 0 fully saturated rings. The zero-order valence-electron chi connectivity index (χ0n) is 22.0. The van der Waals surface area contributed by atoms with Gasteiger partial charge in [-0.1, -0.05) is 63.9 Å². The fraction of sp³-hybridized carbons (Fsp3) is 0.0645.